The van der Waals surface area contributed by atoms with Gasteiger partial charge in [0.1, 0.15) is 12.4 Å². The van der Waals surface area contributed by atoms with Crippen LogP contribution in [0.4, 0.5) is 0 Å². The summed E-state index contributed by atoms with van der Waals surface area (Å²) >= 11 is 6.21. The normalized spacial score (nSPS) is 10.5. The molecule has 2 rings (SSSR count). The molecule has 0 atom stereocenters. The highest BCUT2D eigenvalue weighted by Crippen LogP contribution is 2.29. The molecule has 0 aliphatic rings. The molecule has 2 aromatic carbocycles. The largest absolute Gasteiger partial charge is 0.487 e. The first-order valence-electron chi connectivity index (χ1n) is 6.31. The van der Waals surface area contributed by atoms with Crippen molar-refractivity contribution < 1.29 is 4.74 Å². The van der Waals surface area contributed by atoms with E-state index in [4.69, 9.17) is 16.3 Å². The van der Waals surface area contributed by atoms with Crippen LogP contribution < -0.4 is 10.1 Å². The molecule has 19 heavy (non-hydrogen) atoms. The molecule has 0 unspecified atom stereocenters. The molecule has 2 nitrogen and oxygen atoms in total. The Hall–Kier alpha value is -1.51. The van der Waals surface area contributed by atoms with E-state index in [1.165, 1.54) is 5.56 Å². The maximum Gasteiger partial charge on any atom is 0.142 e. The lowest BCUT2D eigenvalue weighted by Crippen LogP contribution is -2.08. The summed E-state index contributed by atoms with van der Waals surface area (Å²) in [6.45, 7) is 3.34. The SMILES string of the molecule is CNCc1cccc(Cl)c1OCc1cccc(C)c1. The Morgan fingerprint density at radius 2 is 1.95 bits per heavy atom. The monoisotopic (exact) mass is 275 g/mol. The molecular weight excluding hydrogens is 258 g/mol. The molecule has 0 amide bonds. The number of hydrogen-bond donors (Lipinski definition) is 1. The van der Waals surface area contributed by atoms with Gasteiger partial charge in [-0.3, -0.25) is 0 Å². The van der Waals surface area contributed by atoms with Crippen molar-refractivity contribution in [2.24, 2.45) is 0 Å². The summed E-state index contributed by atoms with van der Waals surface area (Å²) in [4.78, 5) is 0. The summed E-state index contributed by atoms with van der Waals surface area (Å²) in [5.74, 6) is 0.764. The van der Waals surface area contributed by atoms with Gasteiger partial charge in [-0.1, -0.05) is 53.6 Å². The van der Waals surface area contributed by atoms with E-state index in [-0.39, 0.29) is 0 Å². The molecule has 0 saturated heterocycles. The third kappa shape index (κ3) is 3.72. The third-order valence-corrected chi connectivity index (χ3v) is 3.18. The van der Waals surface area contributed by atoms with Crippen molar-refractivity contribution in [2.75, 3.05) is 7.05 Å². The van der Waals surface area contributed by atoms with Crippen LogP contribution >= 0.6 is 11.6 Å². The third-order valence-electron chi connectivity index (χ3n) is 2.88. The Bertz CT molecular complexity index is 554. The van der Waals surface area contributed by atoms with Crippen molar-refractivity contribution >= 4 is 11.6 Å². The molecular formula is C16H18ClNO. The lowest BCUT2D eigenvalue weighted by molar-refractivity contribution is 0.302. The maximum absolute atomic E-state index is 6.21. The average Bonchev–Trinajstić information content (AvgIpc) is 2.38. The molecule has 100 valence electrons. The number of para-hydroxylation sites is 1. The van der Waals surface area contributed by atoms with Gasteiger partial charge in [0.25, 0.3) is 0 Å². The molecule has 0 saturated carbocycles. The minimum atomic E-state index is 0.530. The van der Waals surface area contributed by atoms with Crippen LogP contribution in [0, 0.1) is 6.92 Å². The maximum atomic E-state index is 6.21. The van der Waals surface area contributed by atoms with Gasteiger partial charge >= 0.3 is 0 Å². The molecule has 0 aliphatic carbocycles. The van der Waals surface area contributed by atoms with E-state index >= 15 is 0 Å². The fraction of sp³-hybridized carbons (Fsp3) is 0.250. The van der Waals surface area contributed by atoms with E-state index < -0.39 is 0 Å². The van der Waals surface area contributed by atoms with Crippen molar-refractivity contribution in [3.05, 3.63) is 64.2 Å². The zero-order valence-corrected chi connectivity index (χ0v) is 12.0. The number of aryl methyl sites for hydroxylation is 1. The van der Waals surface area contributed by atoms with Crippen LogP contribution in [0.5, 0.6) is 5.75 Å². The second-order valence-electron chi connectivity index (χ2n) is 4.54. The minimum Gasteiger partial charge on any atom is -0.487 e. The Morgan fingerprint density at radius 1 is 1.16 bits per heavy atom. The topological polar surface area (TPSA) is 21.3 Å². The fourth-order valence-electron chi connectivity index (χ4n) is 2.00. The molecule has 3 heteroatoms. The van der Waals surface area contributed by atoms with Gasteiger partial charge in [-0.2, -0.15) is 0 Å². The van der Waals surface area contributed by atoms with Gasteiger partial charge in [0, 0.05) is 12.1 Å². The standard InChI is InChI=1S/C16H18ClNO/c1-12-5-3-6-13(9-12)11-19-16-14(10-18-2)7-4-8-15(16)17/h3-9,18H,10-11H2,1-2H3. The second-order valence-corrected chi connectivity index (χ2v) is 4.94. The van der Waals surface area contributed by atoms with Crippen molar-refractivity contribution in [1.82, 2.24) is 5.32 Å². The number of hydrogen-bond acceptors (Lipinski definition) is 2. The predicted molar refractivity (Wildman–Crippen MR) is 79.7 cm³/mol. The summed E-state index contributed by atoms with van der Waals surface area (Å²) in [6.07, 6.45) is 0. The second kappa shape index (κ2) is 6.60. The molecule has 2 aromatic rings. The first-order chi connectivity index (χ1) is 9.20. The van der Waals surface area contributed by atoms with Crippen molar-refractivity contribution in [1.29, 1.82) is 0 Å². The van der Waals surface area contributed by atoms with Crippen LogP contribution in [0.2, 0.25) is 5.02 Å². The van der Waals surface area contributed by atoms with Gasteiger partial charge in [0.15, 0.2) is 0 Å². The van der Waals surface area contributed by atoms with E-state index in [1.807, 2.05) is 31.3 Å². The van der Waals surface area contributed by atoms with Gasteiger partial charge in [-0.25, -0.2) is 0 Å². The summed E-state index contributed by atoms with van der Waals surface area (Å²) in [5, 5.41) is 3.77. The Morgan fingerprint density at radius 3 is 2.68 bits per heavy atom. The van der Waals surface area contributed by atoms with Gasteiger partial charge < -0.3 is 10.1 Å². The Labute approximate surface area is 119 Å². The quantitative estimate of drug-likeness (QED) is 0.892. The number of ether oxygens (including phenoxy) is 1. The number of benzene rings is 2. The van der Waals surface area contributed by atoms with Gasteiger partial charge in [-0.15, -0.1) is 0 Å². The lowest BCUT2D eigenvalue weighted by Gasteiger charge is -2.13. The molecule has 0 radical (unpaired) electrons. The van der Waals surface area contributed by atoms with E-state index in [1.54, 1.807) is 0 Å². The predicted octanol–water partition coefficient (Wildman–Crippen LogP) is 3.95. The number of nitrogens with one attached hydrogen (secondary N) is 1. The molecule has 1 N–H and O–H groups in total. The van der Waals surface area contributed by atoms with Crippen LogP contribution in [0.3, 0.4) is 0 Å². The lowest BCUT2D eigenvalue weighted by atomic mass is 10.1. The number of halogens is 1. The fourth-order valence-corrected chi connectivity index (χ4v) is 2.25. The molecule has 0 aliphatic heterocycles. The summed E-state index contributed by atoms with van der Waals surface area (Å²) in [6, 6.07) is 14.1. The zero-order valence-electron chi connectivity index (χ0n) is 11.2. The van der Waals surface area contributed by atoms with Crippen LogP contribution in [-0.2, 0) is 13.2 Å². The minimum absolute atomic E-state index is 0.530. The van der Waals surface area contributed by atoms with E-state index in [2.05, 4.69) is 30.4 Å². The van der Waals surface area contributed by atoms with Crippen molar-refractivity contribution in [3.8, 4) is 5.75 Å². The zero-order chi connectivity index (χ0) is 13.7. The first kappa shape index (κ1) is 13.9. The molecule has 0 bridgehead atoms. The van der Waals surface area contributed by atoms with E-state index in [0.29, 0.717) is 11.6 Å². The molecule has 0 spiro atoms. The smallest absolute Gasteiger partial charge is 0.142 e. The average molecular weight is 276 g/mol. The van der Waals surface area contributed by atoms with E-state index in [9.17, 15) is 0 Å². The number of rotatable bonds is 5. The highest BCUT2D eigenvalue weighted by atomic mass is 35.5. The van der Waals surface area contributed by atoms with Crippen molar-refractivity contribution in [3.63, 3.8) is 0 Å². The summed E-state index contributed by atoms with van der Waals surface area (Å²) < 4.78 is 5.89. The molecule has 0 fully saturated rings. The highest BCUT2D eigenvalue weighted by molar-refractivity contribution is 6.32. The van der Waals surface area contributed by atoms with Gasteiger partial charge in [-0.05, 0) is 25.6 Å². The first-order valence-corrected chi connectivity index (χ1v) is 6.69. The molecule has 0 aromatic heterocycles. The highest BCUT2D eigenvalue weighted by Gasteiger charge is 2.08. The van der Waals surface area contributed by atoms with Crippen molar-refractivity contribution in [2.45, 2.75) is 20.1 Å². The summed E-state index contributed by atoms with van der Waals surface area (Å²) in [7, 11) is 1.91. The molecule has 0 heterocycles. The van der Waals surface area contributed by atoms with Crippen LogP contribution in [0.15, 0.2) is 42.5 Å². The van der Waals surface area contributed by atoms with Gasteiger partial charge in [0.05, 0.1) is 5.02 Å². The Kier molecular flexibility index (Phi) is 4.83. The Balaban J connectivity index is 2.14. The van der Waals surface area contributed by atoms with E-state index in [0.717, 1.165) is 23.4 Å². The van der Waals surface area contributed by atoms with Crippen LogP contribution in [0.1, 0.15) is 16.7 Å². The van der Waals surface area contributed by atoms with Gasteiger partial charge in [0.2, 0.25) is 0 Å². The van der Waals surface area contributed by atoms with Crippen LogP contribution in [-0.4, -0.2) is 7.05 Å². The van der Waals surface area contributed by atoms with Crippen LogP contribution in [0.25, 0.3) is 0 Å². The summed E-state index contributed by atoms with van der Waals surface area (Å²) in [5.41, 5.74) is 3.45.